The smallest absolute Gasteiger partial charge is 0.323 e. The van der Waals surface area contributed by atoms with Crippen molar-refractivity contribution in [3.8, 4) is 11.5 Å². The Morgan fingerprint density at radius 1 is 1.15 bits per heavy atom. The molecule has 1 N–H and O–H groups in total. The standard InChI is InChI=1S/C20H24N2O3S/c1-13-8-9-15(12-14(13)2)21-20(23)22-10-11-26-19(22)16-6-5-7-17(24-3)18(16)25-4/h5-9,12,19H,10-11H2,1-4H3,(H,21,23)/t19-/m1/s1. The van der Waals surface area contributed by atoms with E-state index in [2.05, 4.69) is 12.2 Å². The summed E-state index contributed by atoms with van der Waals surface area (Å²) >= 11 is 1.73. The Morgan fingerprint density at radius 3 is 2.65 bits per heavy atom. The molecule has 1 fully saturated rings. The van der Waals surface area contributed by atoms with E-state index in [9.17, 15) is 4.79 Å². The van der Waals surface area contributed by atoms with Gasteiger partial charge in [-0.05, 0) is 43.2 Å². The van der Waals surface area contributed by atoms with Crippen molar-refractivity contribution in [3.63, 3.8) is 0 Å². The molecule has 1 saturated heterocycles. The molecule has 5 nitrogen and oxygen atoms in total. The molecule has 1 heterocycles. The topological polar surface area (TPSA) is 50.8 Å². The van der Waals surface area contributed by atoms with Crippen molar-refractivity contribution < 1.29 is 14.3 Å². The van der Waals surface area contributed by atoms with Crippen LogP contribution in [-0.2, 0) is 0 Å². The lowest BCUT2D eigenvalue weighted by Crippen LogP contribution is -2.34. The summed E-state index contributed by atoms with van der Waals surface area (Å²) in [7, 11) is 3.24. The van der Waals surface area contributed by atoms with Gasteiger partial charge in [-0.1, -0.05) is 18.2 Å². The normalized spacial score (nSPS) is 16.5. The number of carbonyl (C=O) groups excluding carboxylic acids is 1. The molecule has 1 aliphatic rings. The second-order valence-corrected chi connectivity index (χ2v) is 7.42. The number of nitrogens with one attached hydrogen (secondary N) is 1. The zero-order valence-corrected chi connectivity index (χ0v) is 16.4. The van der Waals surface area contributed by atoms with E-state index in [1.807, 2.05) is 48.2 Å². The van der Waals surface area contributed by atoms with Crippen LogP contribution in [0.5, 0.6) is 11.5 Å². The van der Waals surface area contributed by atoms with E-state index in [0.29, 0.717) is 18.0 Å². The zero-order valence-electron chi connectivity index (χ0n) is 15.5. The van der Waals surface area contributed by atoms with Crippen molar-refractivity contribution in [1.82, 2.24) is 4.90 Å². The number of urea groups is 1. The summed E-state index contributed by atoms with van der Waals surface area (Å²) in [5, 5.41) is 2.91. The zero-order chi connectivity index (χ0) is 18.7. The molecule has 0 spiro atoms. The highest BCUT2D eigenvalue weighted by atomic mass is 32.2. The van der Waals surface area contributed by atoms with Crippen molar-refractivity contribution in [2.24, 2.45) is 0 Å². The third kappa shape index (κ3) is 3.60. The van der Waals surface area contributed by atoms with E-state index < -0.39 is 0 Å². The maximum Gasteiger partial charge on any atom is 0.323 e. The number of thioether (sulfide) groups is 1. The number of benzene rings is 2. The minimum Gasteiger partial charge on any atom is -0.493 e. The average Bonchev–Trinajstić information content (AvgIpc) is 3.13. The summed E-state index contributed by atoms with van der Waals surface area (Å²) in [5.41, 5.74) is 4.12. The predicted molar refractivity (Wildman–Crippen MR) is 106 cm³/mol. The molecule has 138 valence electrons. The van der Waals surface area contributed by atoms with Crippen LogP contribution < -0.4 is 14.8 Å². The van der Waals surface area contributed by atoms with Crippen molar-refractivity contribution >= 4 is 23.5 Å². The molecule has 3 rings (SSSR count). The number of rotatable bonds is 4. The first-order valence-corrected chi connectivity index (χ1v) is 9.57. The Labute approximate surface area is 158 Å². The Kier molecular flexibility index (Phi) is 5.61. The van der Waals surface area contributed by atoms with Crippen LogP contribution >= 0.6 is 11.8 Å². The maximum atomic E-state index is 12.9. The molecule has 0 bridgehead atoms. The minimum absolute atomic E-state index is 0.104. The van der Waals surface area contributed by atoms with E-state index in [-0.39, 0.29) is 11.4 Å². The molecule has 1 atom stereocenters. The monoisotopic (exact) mass is 372 g/mol. The van der Waals surface area contributed by atoms with Crippen LogP contribution in [0.15, 0.2) is 36.4 Å². The van der Waals surface area contributed by atoms with Gasteiger partial charge in [0.05, 0.1) is 14.2 Å². The van der Waals surface area contributed by atoms with E-state index in [1.165, 1.54) is 5.56 Å². The Hall–Kier alpha value is -2.34. The molecular formula is C20H24N2O3S. The molecule has 1 aliphatic heterocycles. The Bertz CT molecular complexity index is 810. The highest BCUT2D eigenvalue weighted by Gasteiger charge is 2.33. The quantitative estimate of drug-likeness (QED) is 0.852. The third-order valence-corrected chi connectivity index (χ3v) is 5.85. The lowest BCUT2D eigenvalue weighted by atomic mass is 10.1. The van der Waals surface area contributed by atoms with Gasteiger partial charge >= 0.3 is 6.03 Å². The molecule has 2 aromatic carbocycles. The first-order chi connectivity index (χ1) is 12.5. The van der Waals surface area contributed by atoms with Crippen molar-refractivity contribution in [3.05, 3.63) is 53.1 Å². The van der Waals surface area contributed by atoms with Gasteiger partial charge in [0.25, 0.3) is 0 Å². The molecule has 0 saturated carbocycles. The van der Waals surface area contributed by atoms with Crippen molar-refractivity contribution in [2.45, 2.75) is 19.2 Å². The van der Waals surface area contributed by atoms with Gasteiger partial charge in [-0.15, -0.1) is 11.8 Å². The number of anilines is 1. The van der Waals surface area contributed by atoms with Crippen LogP contribution in [-0.4, -0.2) is 37.4 Å². The van der Waals surface area contributed by atoms with Crippen LogP contribution in [0, 0.1) is 13.8 Å². The molecule has 0 unspecified atom stereocenters. The number of amides is 2. The maximum absolute atomic E-state index is 12.9. The lowest BCUT2D eigenvalue weighted by molar-refractivity contribution is 0.213. The van der Waals surface area contributed by atoms with E-state index >= 15 is 0 Å². The molecule has 2 aromatic rings. The highest BCUT2D eigenvalue weighted by Crippen LogP contribution is 2.45. The number of para-hydroxylation sites is 1. The predicted octanol–water partition coefficient (Wildman–Crippen LogP) is 4.60. The summed E-state index contributed by atoms with van der Waals surface area (Å²) in [6.45, 7) is 4.79. The van der Waals surface area contributed by atoms with Crippen LogP contribution in [0.25, 0.3) is 0 Å². The second-order valence-electron chi connectivity index (χ2n) is 6.23. The van der Waals surface area contributed by atoms with Crippen molar-refractivity contribution in [2.75, 3.05) is 31.8 Å². The molecule has 26 heavy (non-hydrogen) atoms. The number of hydrogen-bond acceptors (Lipinski definition) is 4. The Morgan fingerprint density at radius 2 is 1.96 bits per heavy atom. The molecule has 2 amide bonds. The summed E-state index contributed by atoms with van der Waals surface area (Å²) in [6.07, 6.45) is 0. The molecule has 0 aromatic heterocycles. The molecular weight excluding hydrogens is 348 g/mol. The van der Waals surface area contributed by atoms with E-state index in [0.717, 1.165) is 22.6 Å². The van der Waals surface area contributed by atoms with Gasteiger partial charge in [0.1, 0.15) is 5.37 Å². The highest BCUT2D eigenvalue weighted by molar-refractivity contribution is 7.99. The first-order valence-electron chi connectivity index (χ1n) is 8.52. The summed E-state index contributed by atoms with van der Waals surface area (Å²) in [4.78, 5) is 14.7. The summed E-state index contributed by atoms with van der Waals surface area (Å²) in [6, 6.07) is 11.6. The minimum atomic E-state index is -0.105. The van der Waals surface area contributed by atoms with Gasteiger partial charge < -0.3 is 19.7 Å². The fourth-order valence-corrected chi connectivity index (χ4v) is 4.33. The lowest BCUT2D eigenvalue weighted by Gasteiger charge is -2.26. The Balaban J connectivity index is 1.84. The number of nitrogens with zero attached hydrogens (tertiary/aromatic N) is 1. The van der Waals surface area contributed by atoms with Gasteiger partial charge in [-0.3, -0.25) is 0 Å². The fraction of sp³-hybridized carbons (Fsp3) is 0.350. The van der Waals surface area contributed by atoms with Gasteiger partial charge in [0.2, 0.25) is 0 Å². The van der Waals surface area contributed by atoms with Gasteiger partial charge in [0.15, 0.2) is 11.5 Å². The largest absolute Gasteiger partial charge is 0.493 e. The van der Waals surface area contributed by atoms with E-state index in [1.54, 1.807) is 26.0 Å². The van der Waals surface area contributed by atoms with Crippen LogP contribution in [0.1, 0.15) is 22.1 Å². The number of carbonyl (C=O) groups is 1. The first kappa shape index (κ1) is 18.5. The summed E-state index contributed by atoms with van der Waals surface area (Å²) < 4.78 is 11.0. The van der Waals surface area contributed by atoms with Gasteiger partial charge in [0, 0.05) is 23.5 Å². The van der Waals surface area contributed by atoms with Crippen LogP contribution in [0.2, 0.25) is 0 Å². The average molecular weight is 372 g/mol. The molecule has 0 radical (unpaired) electrons. The van der Waals surface area contributed by atoms with Crippen LogP contribution in [0.3, 0.4) is 0 Å². The number of ether oxygens (including phenoxy) is 2. The number of aryl methyl sites for hydroxylation is 2. The van der Waals surface area contributed by atoms with Gasteiger partial charge in [-0.2, -0.15) is 0 Å². The van der Waals surface area contributed by atoms with Crippen LogP contribution in [0.4, 0.5) is 10.5 Å². The van der Waals surface area contributed by atoms with Gasteiger partial charge in [-0.25, -0.2) is 4.79 Å². The number of hydrogen-bond donors (Lipinski definition) is 1. The molecule has 6 heteroatoms. The molecule has 0 aliphatic carbocycles. The number of methoxy groups -OCH3 is 2. The van der Waals surface area contributed by atoms with E-state index in [4.69, 9.17) is 9.47 Å². The second kappa shape index (κ2) is 7.91. The van der Waals surface area contributed by atoms with Crippen molar-refractivity contribution in [1.29, 1.82) is 0 Å². The SMILES string of the molecule is COc1cccc([C@H]2SCCN2C(=O)Nc2ccc(C)c(C)c2)c1OC. The summed E-state index contributed by atoms with van der Waals surface area (Å²) in [5.74, 6) is 2.23. The third-order valence-electron chi connectivity index (χ3n) is 4.61. The fourth-order valence-electron chi connectivity index (χ4n) is 3.06.